The van der Waals surface area contributed by atoms with E-state index in [2.05, 4.69) is 11.6 Å². The molecule has 8 nitrogen and oxygen atoms in total. The number of hydrogen-bond donors (Lipinski definition) is 1. The van der Waals surface area contributed by atoms with Crippen molar-refractivity contribution >= 4 is 5.91 Å². The summed E-state index contributed by atoms with van der Waals surface area (Å²) in [5, 5.41) is 12.2. The number of pyridine rings is 2. The van der Waals surface area contributed by atoms with Crippen molar-refractivity contribution in [2.45, 2.75) is 13.0 Å². The number of nitrogens with zero attached hydrogens (tertiary/aromatic N) is 4. The lowest BCUT2D eigenvalue weighted by Gasteiger charge is -2.43. The van der Waals surface area contributed by atoms with Crippen LogP contribution in [0.2, 0.25) is 0 Å². The average Bonchev–Trinajstić information content (AvgIpc) is 2.83. The van der Waals surface area contributed by atoms with Gasteiger partial charge in [0, 0.05) is 36.6 Å². The molecule has 1 aromatic carbocycles. The zero-order valence-corrected chi connectivity index (χ0v) is 18.0. The average molecular weight is 450 g/mol. The maximum atomic E-state index is 14.1. The summed E-state index contributed by atoms with van der Waals surface area (Å²) in [6, 6.07) is 10.1. The van der Waals surface area contributed by atoms with E-state index >= 15 is 0 Å². The van der Waals surface area contributed by atoms with Crippen LogP contribution in [0.25, 0.3) is 0 Å². The van der Waals surface area contributed by atoms with Crippen LogP contribution >= 0.6 is 0 Å². The number of amides is 1. The summed E-state index contributed by atoms with van der Waals surface area (Å²) in [6.45, 7) is 6.09. The van der Waals surface area contributed by atoms with Crippen LogP contribution in [0.1, 0.15) is 34.7 Å². The number of benzene rings is 1. The van der Waals surface area contributed by atoms with Crippen LogP contribution in [-0.2, 0) is 0 Å². The fraction of sp³-hybridized carbons (Fsp3) is 0.208. The molecular formula is C24H23FN4O4. The molecule has 9 heteroatoms. The quantitative estimate of drug-likeness (QED) is 0.557. The van der Waals surface area contributed by atoms with Crippen molar-refractivity contribution in [1.29, 1.82) is 0 Å². The molecule has 0 aliphatic carbocycles. The standard InChI is InChI=1S/C24H23FN4O4/c1-3-13-33-20-14-16(25)8-9-17(20)21(18-7-5-6-11-26-18)29-15-27(4-2)24(32)22-23(31)19(30)10-12-28(22)29/h3,5-12,14,21,31H,1,4,13,15H2,2H3/t21-/m0/s1. The monoisotopic (exact) mass is 450 g/mol. The zero-order valence-electron chi connectivity index (χ0n) is 18.0. The van der Waals surface area contributed by atoms with Crippen LogP contribution in [0.15, 0.2) is 72.3 Å². The van der Waals surface area contributed by atoms with Gasteiger partial charge in [-0.1, -0.05) is 18.7 Å². The normalized spacial score (nSPS) is 14.1. The Hall–Kier alpha value is -4.14. The lowest BCUT2D eigenvalue weighted by molar-refractivity contribution is 0.0689. The first kappa shape index (κ1) is 22.1. The molecule has 33 heavy (non-hydrogen) atoms. The van der Waals surface area contributed by atoms with Crippen LogP contribution < -0.4 is 15.2 Å². The van der Waals surface area contributed by atoms with E-state index in [1.165, 1.54) is 34.0 Å². The molecule has 1 aliphatic heterocycles. The lowest BCUT2D eigenvalue weighted by atomic mass is 10.0. The predicted octanol–water partition coefficient (Wildman–Crippen LogP) is 2.81. The first-order chi connectivity index (χ1) is 16.0. The molecule has 2 aromatic heterocycles. The Balaban J connectivity index is 1.97. The molecule has 0 saturated carbocycles. The van der Waals surface area contributed by atoms with E-state index in [0.29, 0.717) is 17.8 Å². The Kier molecular flexibility index (Phi) is 6.12. The zero-order chi connectivity index (χ0) is 23.5. The topological polar surface area (TPSA) is 87.9 Å². The van der Waals surface area contributed by atoms with Crippen LogP contribution in [0, 0.1) is 5.82 Å². The smallest absolute Gasteiger partial charge is 0.277 e. The number of carbonyl (C=O) groups is 1. The van der Waals surface area contributed by atoms with Gasteiger partial charge in [-0.15, -0.1) is 0 Å². The Morgan fingerprint density at radius 3 is 2.79 bits per heavy atom. The number of rotatable bonds is 7. The van der Waals surface area contributed by atoms with Crippen molar-refractivity contribution in [3.63, 3.8) is 0 Å². The van der Waals surface area contributed by atoms with Crippen molar-refractivity contribution in [2.24, 2.45) is 0 Å². The summed E-state index contributed by atoms with van der Waals surface area (Å²) in [4.78, 5) is 31.1. The number of ether oxygens (including phenoxy) is 1. The molecule has 3 aromatic rings. The molecule has 170 valence electrons. The van der Waals surface area contributed by atoms with Crippen LogP contribution in [-0.4, -0.2) is 45.4 Å². The SMILES string of the molecule is C=CCOc1cc(F)ccc1[C@@H](c1ccccn1)N1CN(CC)C(=O)c2c(O)c(=O)ccn21. The van der Waals surface area contributed by atoms with Gasteiger partial charge in [0.05, 0.1) is 5.69 Å². The minimum absolute atomic E-state index is 0.129. The molecule has 0 spiro atoms. The van der Waals surface area contributed by atoms with Gasteiger partial charge < -0.3 is 14.7 Å². The summed E-state index contributed by atoms with van der Waals surface area (Å²) in [5.41, 5.74) is 0.388. The molecule has 0 bridgehead atoms. The molecule has 1 aliphatic rings. The van der Waals surface area contributed by atoms with E-state index < -0.39 is 28.9 Å². The van der Waals surface area contributed by atoms with Gasteiger partial charge >= 0.3 is 0 Å². The van der Waals surface area contributed by atoms with E-state index in [1.807, 2.05) is 6.07 Å². The first-order valence-electron chi connectivity index (χ1n) is 10.4. The number of halogens is 1. The second kappa shape index (κ2) is 9.15. The molecular weight excluding hydrogens is 427 g/mol. The highest BCUT2D eigenvalue weighted by molar-refractivity contribution is 5.96. The van der Waals surface area contributed by atoms with Crippen molar-refractivity contribution < 1.29 is 19.0 Å². The molecule has 0 radical (unpaired) electrons. The number of aromatic nitrogens is 2. The Morgan fingerprint density at radius 1 is 1.27 bits per heavy atom. The largest absolute Gasteiger partial charge is 0.502 e. The van der Waals surface area contributed by atoms with Gasteiger partial charge in [0.25, 0.3) is 5.91 Å². The minimum Gasteiger partial charge on any atom is -0.502 e. The van der Waals surface area contributed by atoms with Crippen molar-refractivity contribution in [3.8, 4) is 11.5 Å². The first-order valence-corrected chi connectivity index (χ1v) is 10.4. The second-order valence-corrected chi connectivity index (χ2v) is 7.40. The Morgan fingerprint density at radius 2 is 2.09 bits per heavy atom. The van der Waals surface area contributed by atoms with E-state index in [1.54, 1.807) is 42.4 Å². The van der Waals surface area contributed by atoms with Crippen molar-refractivity contribution in [2.75, 3.05) is 24.8 Å². The highest BCUT2D eigenvalue weighted by Gasteiger charge is 2.37. The maximum absolute atomic E-state index is 14.1. The summed E-state index contributed by atoms with van der Waals surface area (Å²) in [6.07, 6.45) is 4.62. The van der Waals surface area contributed by atoms with Gasteiger partial charge in [0.2, 0.25) is 5.43 Å². The molecule has 1 atom stereocenters. The van der Waals surface area contributed by atoms with Gasteiger partial charge in [-0.05, 0) is 31.2 Å². The molecule has 0 unspecified atom stereocenters. The number of aromatic hydroxyl groups is 1. The molecule has 0 fully saturated rings. The molecule has 4 rings (SSSR count). The van der Waals surface area contributed by atoms with Crippen LogP contribution in [0.5, 0.6) is 11.5 Å². The van der Waals surface area contributed by atoms with Gasteiger partial charge in [0.15, 0.2) is 11.4 Å². The van der Waals surface area contributed by atoms with Gasteiger partial charge in [0.1, 0.15) is 30.9 Å². The van der Waals surface area contributed by atoms with Crippen molar-refractivity contribution in [1.82, 2.24) is 14.6 Å². The Bertz CT molecular complexity index is 1240. The highest BCUT2D eigenvalue weighted by atomic mass is 19.1. The molecule has 0 saturated heterocycles. The minimum atomic E-state index is -0.654. The summed E-state index contributed by atoms with van der Waals surface area (Å²) < 4.78 is 21.3. The lowest BCUT2D eigenvalue weighted by Crippen LogP contribution is -2.55. The van der Waals surface area contributed by atoms with E-state index in [4.69, 9.17) is 4.74 Å². The van der Waals surface area contributed by atoms with Crippen molar-refractivity contribution in [3.05, 3.63) is 101 Å². The van der Waals surface area contributed by atoms with E-state index in [0.717, 1.165) is 0 Å². The fourth-order valence-corrected chi connectivity index (χ4v) is 3.86. The Labute approximate surface area is 189 Å². The fourth-order valence-electron chi connectivity index (χ4n) is 3.86. The van der Waals surface area contributed by atoms with Gasteiger partial charge in [-0.25, -0.2) is 4.39 Å². The third-order valence-electron chi connectivity index (χ3n) is 5.41. The van der Waals surface area contributed by atoms with Gasteiger partial charge in [-0.3, -0.25) is 24.3 Å². The van der Waals surface area contributed by atoms with Crippen LogP contribution in [0.3, 0.4) is 0 Å². The number of hydrogen-bond acceptors (Lipinski definition) is 6. The van der Waals surface area contributed by atoms with Crippen LogP contribution in [0.4, 0.5) is 4.39 Å². The third-order valence-corrected chi connectivity index (χ3v) is 5.41. The number of fused-ring (bicyclic) bond motifs is 1. The number of carbonyl (C=O) groups excluding carboxylic acids is 1. The molecule has 1 N–H and O–H groups in total. The predicted molar refractivity (Wildman–Crippen MR) is 120 cm³/mol. The summed E-state index contributed by atoms with van der Waals surface area (Å²) in [7, 11) is 0. The third kappa shape index (κ3) is 4.05. The summed E-state index contributed by atoms with van der Waals surface area (Å²) in [5.74, 6) is -1.28. The maximum Gasteiger partial charge on any atom is 0.277 e. The molecule has 3 heterocycles. The van der Waals surface area contributed by atoms with E-state index in [-0.39, 0.29) is 24.7 Å². The van der Waals surface area contributed by atoms with E-state index in [9.17, 15) is 19.1 Å². The summed E-state index contributed by atoms with van der Waals surface area (Å²) >= 11 is 0. The highest BCUT2D eigenvalue weighted by Crippen LogP contribution is 2.36. The second-order valence-electron chi connectivity index (χ2n) is 7.40. The van der Waals surface area contributed by atoms with Gasteiger partial charge in [-0.2, -0.15) is 0 Å². The molecule has 1 amide bonds.